The van der Waals surface area contributed by atoms with Crippen LogP contribution in [-0.4, -0.2) is 47.7 Å². The third-order valence-electron chi connectivity index (χ3n) is 4.33. The van der Waals surface area contributed by atoms with E-state index in [2.05, 4.69) is 0 Å². The van der Waals surface area contributed by atoms with E-state index >= 15 is 0 Å². The van der Waals surface area contributed by atoms with Crippen LogP contribution in [0.5, 0.6) is 0 Å². The molecule has 0 saturated carbocycles. The zero-order chi connectivity index (χ0) is 18.7. The van der Waals surface area contributed by atoms with Crippen molar-refractivity contribution in [3.05, 3.63) is 59.7 Å². The molecule has 0 fully saturated rings. The number of fused-ring (bicyclic) bond motifs is 3. The molecule has 0 spiro atoms. The lowest BCUT2D eigenvalue weighted by Gasteiger charge is -2.20. The van der Waals surface area contributed by atoms with Crippen LogP contribution in [0.1, 0.15) is 17.0 Å². The smallest absolute Gasteiger partial charge is 0.417 e. The third kappa shape index (κ3) is 3.29. The van der Waals surface area contributed by atoms with E-state index in [9.17, 15) is 14.4 Å². The summed E-state index contributed by atoms with van der Waals surface area (Å²) in [6.45, 7) is -1.26. The molecule has 3 rings (SSSR count). The summed E-state index contributed by atoms with van der Waals surface area (Å²) >= 11 is 0. The number of carboxylic acids is 1. The topological polar surface area (TPSA) is 110 Å². The van der Waals surface area contributed by atoms with Gasteiger partial charge in [0.2, 0.25) is 5.91 Å². The van der Waals surface area contributed by atoms with Gasteiger partial charge in [-0.2, -0.15) is 0 Å². The van der Waals surface area contributed by atoms with Crippen LogP contribution in [0.4, 0.5) is 4.79 Å². The number of nitrogens with two attached hydrogens (primary N) is 1. The molecule has 1 aliphatic rings. The van der Waals surface area contributed by atoms with Crippen molar-refractivity contribution in [1.82, 2.24) is 4.90 Å². The van der Waals surface area contributed by atoms with Gasteiger partial charge in [0.05, 0.1) is 6.54 Å². The second kappa shape index (κ2) is 7.37. The van der Waals surface area contributed by atoms with Crippen molar-refractivity contribution >= 4 is 18.0 Å². The number of nitrogens with zero attached hydrogens (tertiary/aromatic N) is 1. The van der Waals surface area contributed by atoms with Gasteiger partial charge in [-0.3, -0.25) is 9.59 Å². The second-order valence-electron chi connectivity index (χ2n) is 5.88. The second-order valence-corrected chi connectivity index (χ2v) is 5.88. The number of hydrogen-bond acceptors (Lipinski definition) is 5. The van der Waals surface area contributed by atoms with Gasteiger partial charge in [0.15, 0.2) is 0 Å². The standard InChI is InChI=1S/C19H18N2O5/c20-9-17(22)21(10-18(23)24)19(25)26-11-16-14-7-3-1-5-12(14)13-6-2-4-8-15(13)16/h1-8,16H,9-11,20H2,(H,23,24)/i17+1,19+1. The zero-order valence-corrected chi connectivity index (χ0v) is 13.9. The molecule has 0 saturated heterocycles. The van der Waals surface area contributed by atoms with E-state index in [0.29, 0.717) is 4.90 Å². The van der Waals surface area contributed by atoms with Crippen LogP contribution >= 0.6 is 0 Å². The first-order valence-electron chi connectivity index (χ1n) is 8.10. The predicted octanol–water partition coefficient (Wildman–Crippen LogP) is 1.81. The van der Waals surface area contributed by atoms with E-state index in [1.165, 1.54) is 0 Å². The summed E-state index contributed by atoms with van der Waals surface area (Å²) in [5.74, 6) is -2.30. The summed E-state index contributed by atoms with van der Waals surface area (Å²) in [5, 5.41) is 8.87. The Kier molecular flexibility index (Phi) is 4.99. The lowest BCUT2D eigenvalue weighted by Crippen LogP contribution is -2.44. The van der Waals surface area contributed by atoms with E-state index in [1.807, 2.05) is 48.5 Å². The molecule has 2 aromatic rings. The Labute approximate surface area is 150 Å². The van der Waals surface area contributed by atoms with E-state index < -0.39 is 31.1 Å². The molecule has 0 unspecified atom stereocenters. The normalized spacial score (nSPS) is 12.2. The number of aliphatic carboxylic acids is 1. The highest BCUT2D eigenvalue weighted by atomic mass is 16.6. The first kappa shape index (κ1) is 17.6. The Bertz CT molecular complexity index is 819. The van der Waals surface area contributed by atoms with Crippen LogP contribution in [0.2, 0.25) is 0 Å². The molecule has 0 aromatic heterocycles. The summed E-state index contributed by atoms with van der Waals surface area (Å²) in [4.78, 5) is 35.3. The van der Waals surface area contributed by atoms with Gasteiger partial charge in [-0.15, -0.1) is 0 Å². The van der Waals surface area contributed by atoms with Crippen LogP contribution < -0.4 is 5.73 Å². The van der Waals surface area contributed by atoms with Gasteiger partial charge in [0.1, 0.15) is 13.2 Å². The fourth-order valence-electron chi connectivity index (χ4n) is 3.17. The van der Waals surface area contributed by atoms with Crippen molar-refractivity contribution in [2.75, 3.05) is 19.7 Å². The number of carbonyl (C=O) groups excluding carboxylic acids is 2. The van der Waals surface area contributed by atoms with Gasteiger partial charge in [-0.05, 0) is 22.3 Å². The molecule has 2 amide bonds. The summed E-state index contributed by atoms with van der Waals surface area (Å²) in [6.07, 6.45) is -1.01. The van der Waals surface area contributed by atoms with Crippen molar-refractivity contribution in [3.8, 4) is 11.1 Å². The Morgan fingerprint density at radius 3 is 2.04 bits per heavy atom. The van der Waals surface area contributed by atoms with Gasteiger partial charge in [0, 0.05) is 5.92 Å². The summed E-state index contributed by atoms with van der Waals surface area (Å²) in [6, 6.07) is 15.6. The number of rotatable bonds is 5. The van der Waals surface area contributed by atoms with Crippen LogP contribution in [0.15, 0.2) is 48.5 Å². The Morgan fingerprint density at radius 1 is 1.00 bits per heavy atom. The molecule has 0 bridgehead atoms. The molecule has 2 aromatic carbocycles. The molecule has 1 aliphatic carbocycles. The average Bonchev–Trinajstić information content (AvgIpc) is 2.97. The highest BCUT2D eigenvalue weighted by Crippen LogP contribution is 2.44. The SMILES string of the molecule is NC[13C](=O)N(CC(=O)O)[13C](=O)OCC1c2ccccc2-c2ccccc21. The predicted molar refractivity (Wildman–Crippen MR) is 93.5 cm³/mol. The first-order chi connectivity index (χ1) is 12.5. The van der Waals surface area contributed by atoms with Gasteiger partial charge < -0.3 is 15.6 Å². The highest BCUT2D eigenvalue weighted by molar-refractivity contribution is 5.96. The average molecular weight is 356 g/mol. The number of hydrogen-bond donors (Lipinski definition) is 2. The largest absolute Gasteiger partial charge is 0.480 e. The maximum atomic E-state index is 12.2. The van der Waals surface area contributed by atoms with Crippen molar-refractivity contribution in [1.29, 1.82) is 0 Å². The molecule has 0 atom stereocenters. The highest BCUT2D eigenvalue weighted by Gasteiger charge is 2.31. The Hall–Kier alpha value is -3.19. The summed E-state index contributed by atoms with van der Waals surface area (Å²) < 4.78 is 5.27. The fraction of sp³-hybridized carbons (Fsp3) is 0.211. The van der Waals surface area contributed by atoms with E-state index in [4.69, 9.17) is 15.6 Å². The van der Waals surface area contributed by atoms with Gasteiger partial charge in [-0.25, -0.2) is 9.69 Å². The molecule has 7 nitrogen and oxygen atoms in total. The monoisotopic (exact) mass is 356 g/mol. The van der Waals surface area contributed by atoms with Gasteiger partial charge >= 0.3 is 12.1 Å². The van der Waals surface area contributed by atoms with E-state index in [0.717, 1.165) is 22.3 Å². The first-order valence-corrected chi connectivity index (χ1v) is 8.10. The molecule has 26 heavy (non-hydrogen) atoms. The minimum atomic E-state index is -1.32. The number of carbonyl (C=O) groups is 3. The number of benzene rings is 2. The molecular weight excluding hydrogens is 338 g/mol. The van der Waals surface area contributed by atoms with Crippen LogP contribution in [-0.2, 0) is 14.3 Å². The van der Waals surface area contributed by atoms with Crippen molar-refractivity contribution < 1.29 is 24.2 Å². The van der Waals surface area contributed by atoms with Crippen molar-refractivity contribution in [3.63, 3.8) is 0 Å². The fourth-order valence-corrected chi connectivity index (χ4v) is 3.17. The number of carboxylic acid groups (broad SMARTS) is 1. The minimum Gasteiger partial charge on any atom is -0.480 e. The molecule has 7 heteroatoms. The van der Waals surface area contributed by atoms with Crippen LogP contribution in [0.3, 0.4) is 0 Å². The lowest BCUT2D eigenvalue weighted by molar-refractivity contribution is -0.142. The Morgan fingerprint density at radius 2 is 1.54 bits per heavy atom. The number of imide groups is 1. The van der Waals surface area contributed by atoms with Crippen molar-refractivity contribution in [2.45, 2.75) is 5.92 Å². The molecule has 0 aliphatic heterocycles. The van der Waals surface area contributed by atoms with Crippen molar-refractivity contribution in [2.24, 2.45) is 5.73 Å². The molecule has 134 valence electrons. The van der Waals surface area contributed by atoms with Gasteiger partial charge in [-0.1, -0.05) is 48.5 Å². The summed E-state index contributed by atoms with van der Waals surface area (Å²) in [7, 11) is 0. The van der Waals surface area contributed by atoms with E-state index in [1.54, 1.807) is 0 Å². The number of amides is 2. The quantitative estimate of drug-likeness (QED) is 0.791. The maximum absolute atomic E-state index is 12.2. The Balaban J connectivity index is 1.80. The molecular formula is C19H18N2O5. The zero-order valence-electron chi connectivity index (χ0n) is 13.9. The van der Waals surface area contributed by atoms with Gasteiger partial charge in [0.25, 0.3) is 0 Å². The number of ether oxygens (including phenoxy) is 1. The summed E-state index contributed by atoms with van der Waals surface area (Å²) in [5.41, 5.74) is 9.44. The maximum Gasteiger partial charge on any atom is 0.417 e. The molecule has 3 N–H and O–H groups in total. The third-order valence-corrected chi connectivity index (χ3v) is 4.33. The molecule has 0 heterocycles. The van der Waals surface area contributed by atoms with E-state index in [-0.39, 0.29) is 12.5 Å². The van der Waals surface area contributed by atoms with Crippen LogP contribution in [0.25, 0.3) is 11.1 Å². The lowest BCUT2D eigenvalue weighted by atomic mass is 9.98. The van der Waals surface area contributed by atoms with Crippen LogP contribution in [0, 0.1) is 0 Å². The molecule has 0 radical (unpaired) electrons. The minimum absolute atomic E-state index is 0.000824.